The maximum absolute atomic E-state index is 13.0. The lowest BCUT2D eigenvalue weighted by Crippen LogP contribution is -2.51. The van der Waals surface area contributed by atoms with E-state index in [1.807, 2.05) is 6.08 Å². The highest BCUT2D eigenvalue weighted by Crippen LogP contribution is 2.65. The molecule has 3 saturated carbocycles. The average Bonchev–Trinajstić information content (AvgIpc) is 3.52. The third-order valence-electron chi connectivity index (χ3n) is 14.6. The minimum Gasteiger partial charge on any atom is -0.462 e. The van der Waals surface area contributed by atoms with E-state index in [4.69, 9.17) is 14.2 Å². The zero-order valence-electron chi connectivity index (χ0n) is 36.9. The second-order valence-electron chi connectivity index (χ2n) is 19.0. The maximum Gasteiger partial charge on any atom is 0.306 e. The lowest BCUT2D eigenvalue weighted by molar-refractivity contribution is -0.160. The van der Waals surface area contributed by atoms with Crippen LogP contribution in [0.1, 0.15) is 220 Å². The molecule has 0 bridgehead atoms. The van der Waals surface area contributed by atoms with Crippen LogP contribution < -0.4 is 0 Å². The first-order chi connectivity index (χ1) is 27.6. The smallest absolute Gasteiger partial charge is 0.306 e. The number of allylic oxidation sites excluding steroid dienone is 3. The molecule has 0 amide bonds. The van der Waals surface area contributed by atoms with Gasteiger partial charge < -0.3 is 14.2 Å². The van der Waals surface area contributed by atoms with Gasteiger partial charge in [0.1, 0.15) is 18.8 Å². The first-order valence-corrected chi connectivity index (χ1v) is 24.0. The summed E-state index contributed by atoms with van der Waals surface area (Å²) in [7, 11) is 0. The molecule has 3 unspecified atom stereocenters. The monoisotopic (exact) mass is 795 g/mol. The lowest BCUT2D eigenvalue weighted by atomic mass is 9.47. The molecule has 0 N–H and O–H groups in total. The molecule has 7 nitrogen and oxygen atoms in total. The number of ether oxygens (including phenoxy) is 3. The molecule has 0 aromatic heterocycles. The fourth-order valence-corrected chi connectivity index (χ4v) is 11.1. The van der Waals surface area contributed by atoms with Crippen LogP contribution in [0.3, 0.4) is 0 Å². The van der Waals surface area contributed by atoms with Gasteiger partial charge in [0.05, 0.1) is 0 Å². The molecule has 0 heterocycles. The van der Waals surface area contributed by atoms with Crippen molar-refractivity contribution >= 4 is 23.7 Å². The van der Waals surface area contributed by atoms with Crippen LogP contribution in [0.25, 0.3) is 0 Å². The Morgan fingerprint density at radius 2 is 1.26 bits per heavy atom. The first-order valence-electron chi connectivity index (χ1n) is 24.0. The Labute approximate surface area is 347 Å². The Bertz CT molecular complexity index is 1300. The molecule has 324 valence electrons. The molecule has 3 fully saturated rings. The summed E-state index contributed by atoms with van der Waals surface area (Å²) < 4.78 is 17.0. The Balaban J connectivity index is 0.936. The first kappa shape index (κ1) is 47.2. The minimum absolute atomic E-state index is 0.0325. The summed E-state index contributed by atoms with van der Waals surface area (Å²) >= 11 is 0. The Hall–Kier alpha value is -2.44. The van der Waals surface area contributed by atoms with Crippen molar-refractivity contribution < 1.29 is 33.4 Å². The van der Waals surface area contributed by atoms with Crippen LogP contribution in [-0.4, -0.2) is 42.5 Å². The quantitative estimate of drug-likeness (QED) is 0.0337. The molecule has 4 aliphatic rings. The van der Waals surface area contributed by atoms with Crippen LogP contribution in [0.4, 0.5) is 0 Å². The molecular weight excluding hydrogens is 713 g/mol. The van der Waals surface area contributed by atoms with Gasteiger partial charge in [0, 0.05) is 31.1 Å². The summed E-state index contributed by atoms with van der Waals surface area (Å²) in [6, 6.07) is 0. The van der Waals surface area contributed by atoms with Crippen LogP contribution in [0.5, 0.6) is 0 Å². The molecule has 57 heavy (non-hydrogen) atoms. The molecule has 0 saturated heterocycles. The van der Waals surface area contributed by atoms with E-state index in [1.54, 1.807) is 6.92 Å². The van der Waals surface area contributed by atoms with Gasteiger partial charge in [0.25, 0.3) is 0 Å². The normalized spacial score (nSPS) is 27.3. The van der Waals surface area contributed by atoms with Crippen molar-refractivity contribution in [2.24, 2.45) is 28.6 Å². The molecular formula is C50H82O7. The molecule has 7 heteroatoms. The van der Waals surface area contributed by atoms with E-state index < -0.39 is 6.10 Å². The highest BCUT2D eigenvalue weighted by molar-refractivity contribution is 5.91. The molecule has 4 aliphatic carbocycles. The molecule has 0 aromatic carbocycles. The van der Waals surface area contributed by atoms with Crippen LogP contribution >= 0.6 is 0 Å². The number of hydrogen-bond acceptors (Lipinski definition) is 7. The topological polar surface area (TPSA) is 96.0 Å². The number of carbonyl (C=O) groups excluding carboxylic acids is 4. The summed E-state index contributed by atoms with van der Waals surface area (Å²) in [5.41, 5.74) is 1.66. The van der Waals surface area contributed by atoms with Crippen molar-refractivity contribution in [1.82, 2.24) is 0 Å². The summed E-state index contributed by atoms with van der Waals surface area (Å²) in [6.07, 6.45) is 37.5. The zero-order chi connectivity index (χ0) is 40.9. The molecule has 7 atom stereocenters. The highest BCUT2D eigenvalue weighted by atomic mass is 16.6. The molecule has 0 aromatic rings. The van der Waals surface area contributed by atoms with E-state index in [0.29, 0.717) is 49.2 Å². The van der Waals surface area contributed by atoms with E-state index in [0.717, 1.165) is 96.3 Å². The van der Waals surface area contributed by atoms with Crippen LogP contribution in [-0.2, 0) is 33.4 Å². The third-order valence-corrected chi connectivity index (χ3v) is 14.6. The van der Waals surface area contributed by atoms with Gasteiger partial charge in [-0.1, -0.05) is 116 Å². The number of rotatable bonds is 28. The van der Waals surface area contributed by atoms with E-state index in [-0.39, 0.29) is 41.4 Å². The number of ketones is 1. The minimum atomic E-state index is -0.436. The van der Waals surface area contributed by atoms with Gasteiger partial charge in [0.15, 0.2) is 5.78 Å². The van der Waals surface area contributed by atoms with Gasteiger partial charge in [-0.05, 0) is 126 Å². The highest BCUT2D eigenvalue weighted by Gasteiger charge is 2.60. The third kappa shape index (κ3) is 15.3. The number of carbonyl (C=O) groups is 4. The van der Waals surface area contributed by atoms with Gasteiger partial charge in [-0.2, -0.15) is 0 Å². The standard InChI is InChI=1S/C50H82O7/c1-5-6-7-8-9-10-11-12-13-14-15-16-17-20-23-26-46(52)55-38-39(2)56-47(53)27-24-21-18-19-22-25-28-48(54)57-45-32-31-43-42-30-29-40-37-41(51)33-35-49(40,3)44(42)34-36-50(43,45)4/h12-13,37,39,42-45H,5-11,14-36,38H2,1-4H3/b13-12-/t39?,42-,43?,44?,45-,49-,50-/m0/s1. The van der Waals surface area contributed by atoms with Crippen molar-refractivity contribution in [3.8, 4) is 0 Å². The van der Waals surface area contributed by atoms with Crippen molar-refractivity contribution in [3.05, 3.63) is 23.8 Å². The molecule has 0 spiro atoms. The van der Waals surface area contributed by atoms with Crippen molar-refractivity contribution in [3.63, 3.8) is 0 Å². The molecule has 4 rings (SSSR count). The van der Waals surface area contributed by atoms with Gasteiger partial charge in [-0.25, -0.2) is 0 Å². The van der Waals surface area contributed by atoms with Crippen LogP contribution in [0, 0.1) is 28.6 Å². The van der Waals surface area contributed by atoms with Gasteiger partial charge in [-0.3, -0.25) is 19.2 Å². The Morgan fingerprint density at radius 1 is 0.684 bits per heavy atom. The number of unbranched alkanes of at least 4 members (excludes halogenated alkanes) is 16. The van der Waals surface area contributed by atoms with E-state index >= 15 is 0 Å². The second kappa shape index (κ2) is 25.2. The van der Waals surface area contributed by atoms with Crippen LogP contribution in [0.15, 0.2) is 23.8 Å². The lowest BCUT2D eigenvalue weighted by Gasteiger charge is -2.57. The zero-order valence-corrected chi connectivity index (χ0v) is 36.9. The van der Waals surface area contributed by atoms with Gasteiger partial charge in [0.2, 0.25) is 0 Å². The van der Waals surface area contributed by atoms with E-state index in [2.05, 4.69) is 32.9 Å². The summed E-state index contributed by atoms with van der Waals surface area (Å²) in [5, 5.41) is 0. The SMILES string of the molecule is CCCCCCCC/C=C\CCCCCCCC(=O)OCC(C)OC(=O)CCCCCCCCC(=O)O[C@H]1CCC2[C@@H]3CCC4=CC(=O)CC[C@]4(C)C3CC[C@@]21C. The predicted molar refractivity (Wildman–Crippen MR) is 229 cm³/mol. The van der Waals surface area contributed by atoms with Crippen molar-refractivity contribution in [2.45, 2.75) is 233 Å². The Kier molecular flexibility index (Phi) is 20.9. The second-order valence-corrected chi connectivity index (χ2v) is 19.0. The predicted octanol–water partition coefficient (Wildman–Crippen LogP) is 13.1. The molecule has 0 aliphatic heterocycles. The van der Waals surface area contributed by atoms with Gasteiger partial charge in [-0.15, -0.1) is 0 Å². The summed E-state index contributed by atoms with van der Waals surface area (Å²) in [4.78, 5) is 49.6. The van der Waals surface area contributed by atoms with E-state index in [1.165, 1.54) is 76.2 Å². The summed E-state index contributed by atoms with van der Waals surface area (Å²) in [5.74, 6) is 1.77. The average molecular weight is 795 g/mol. The largest absolute Gasteiger partial charge is 0.462 e. The van der Waals surface area contributed by atoms with Crippen molar-refractivity contribution in [2.75, 3.05) is 6.61 Å². The molecule has 0 radical (unpaired) electrons. The number of fused-ring (bicyclic) bond motifs is 5. The maximum atomic E-state index is 13.0. The van der Waals surface area contributed by atoms with Crippen LogP contribution in [0.2, 0.25) is 0 Å². The Morgan fingerprint density at radius 3 is 1.91 bits per heavy atom. The van der Waals surface area contributed by atoms with Crippen molar-refractivity contribution in [1.29, 1.82) is 0 Å². The fourth-order valence-electron chi connectivity index (χ4n) is 11.1. The number of hydrogen-bond donors (Lipinski definition) is 0. The summed E-state index contributed by atoms with van der Waals surface area (Å²) in [6.45, 7) is 8.97. The van der Waals surface area contributed by atoms with E-state index in [9.17, 15) is 19.2 Å². The van der Waals surface area contributed by atoms with Gasteiger partial charge >= 0.3 is 17.9 Å². The number of esters is 3. The fraction of sp³-hybridized carbons (Fsp3) is 0.840.